The molecule has 2 aromatic rings. The molecule has 1 N–H and O–H groups in total. The van der Waals surface area contributed by atoms with Crippen molar-refractivity contribution in [1.82, 2.24) is 14.6 Å². The number of hydrogen-bond donors (Lipinski definition) is 1. The highest BCUT2D eigenvalue weighted by Gasteiger charge is 2.11. The highest BCUT2D eigenvalue weighted by atomic mass is 35.5. The minimum atomic E-state index is -0.344. The molecule has 0 fully saturated rings. The van der Waals surface area contributed by atoms with Crippen LogP contribution in [0.5, 0.6) is 0 Å². The number of rotatable bonds is 2. The Hall–Kier alpha value is -1.53. The van der Waals surface area contributed by atoms with E-state index in [4.69, 9.17) is 11.6 Å². The molecule has 1 amide bonds. The number of halogens is 1. The number of nitrogens with one attached hydrogen (secondary N) is 1. The summed E-state index contributed by atoms with van der Waals surface area (Å²) in [6.45, 7) is 1.86. The summed E-state index contributed by atoms with van der Waals surface area (Å²) in [5.74, 6) is -0.344. The molecule has 2 heterocycles. The van der Waals surface area contributed by atoms with Crippen LogP contribution in [-0.2, 0) is 0 Å². The highest BCUT2D eigenvalue weighted by molar-refractivity contribution is 7.03. The fourth-order valence-corrected chi connectivity index (χ4v) is 1.68. The van der Waals surface area contributed by atoms with Crippen LogP contribution in [0.4, 0.5) is 5.69 Å². The van der Waals surface area contributed by atoms with Crippen molar-refractivity contribution in [2.75, 3.05) is 5.32 Å². The Kier molecular flexibility index (Phi) is 3.12. The SMILES string of the molecule is Cc1cnc(Cl)c(NC(=O)c2csnn2)c1. The first-order valence-corrected chi connectivity index (χ1v) is 5.59. The molecule has 0 spiro atoms. The molecule has 0 aliphatic carbocycles. The zero-order chi connectivity index (χ0) is 11.5. The molecule has 2 aromatic heterocycles. The maximum Gasteiger partial charge on any atom is 0.277 e. The molecule has 7 heteroatoms. The van der Waals surface area contributed by atoms with Crippen molar-refractivity contribution in [3.8, 4) is 0 Å². The van der Waals surface area contributed by atoms with E-state index >= 15 is 0 Å². The summed E-state index contributed by atoms with van der Waals surface area (Å²) in [6.07, 6.45) is 1.63. The summed E-state index contributed by atoms with van der Waals surface area (Å²) >= 11 is 6.96. The Morgan fingerprint density at radius 2 is 2.38 bits per heavy atom. The lowest BCUT2D eigenvalue weighted by Crippen LogP contribution is -2.13. The summed E-state index contributed by atoms with van der Waals surface area (Å²) < 4.78 is 3.61. The standard InChI is InChI=1S/C9H7ClN4OS/c1-5-2-6(8(10)11-3-5)12-9(15)7-4-16-14-13-7/h2-4H,1H3,(H,12,15). The number of hydrogen-bond acceptors (Lipinski definition) is 5. The number of carbonyl (C=O) groups excluding carboxylic acids is 1. The number of nitrogens with zero attached hydrogens (tertiary/aromatic N) is 3. The smallest absolute Gasteiger partial charge is 0.277 e. The van der Waals surface area contributed by atoms with Crippen LogP contribution in [-0.4, -0.2) is 20.5 Å². The maximum absolute atomic E-state index is 11.6. The lowest BCUT2D eigenvalue weighted by atomic mass is 10.3. The van der Waals surface area contributed by atoms with E-state index in [-0.39, 0.29) is 16.8 Å². The number of amides is 1. The minimum Gasteiger partial charge on any atom is -0.318 e. The number of anilines is 1. The van der Waals surface area contributed by atoms with Crippen molar-refractivity contribution in [3.05, 3.63) is 34.1 Å². The normalized spacial score (nSPS) is 10.1. The maximum atomic E-state index is 11.6. The average molecular weight is 255 g/mol. The van der Waals surface area contributed by atoms with E-state index < -0.39 is 0 Å². The largest absolute Gasteiger partial charge is 0.318 e. The van der Waals surface area contributed by atoms with Gasteiger partial charge in [-0.15, -0.1) is 5.10 Å². The Morgan fingerprint density at radius 3 is 3.06 bits per heavy atom. The molecule has 5 nitrogen and oxygen atoms in total. The lowest BCUT2D eigenvalue weighted by Gasteiger charge is -2.05. The predicted molar refractivity (Wildman–Crippen MR) is 61.8 cm³/mol. The molecule has 0 aliphatic rings. The second-order valence-electron chi connectivity index (χ2n) is 3.10. The monoisotopic (exact) mass is 254 g/mol. The van der Waals surface area contributed by atoms with Gasteiger partial charge in [0.05, 0.1) is 5.69 Å². The van der Waals surface area contributed by atoms with Crippen molar-refractivity contribution in [2.45, 2.75) is 6.92 Å². The number of aryl methyl sites for hydroxylation is 1. The molecule has 0 unspecified atom stereocenters. The van der Waals surface area contributed by atoms with E-state index in [1.807, 2.05) is 6.92 Å². The quantitative estimate of drug-likeness (QED) is 0.834. The lowest BCUT2D eigenvalue weighted by molar-refractivity contribution is 0.102. The Labute approximate surface area is 101 Å². The molecule has 0 aromatic carbocycles. The van der Waals surface area contributed by atoms with Gasteiger partial charge >= 0.3 is 0 Å². The fourth-order valence-electron chi connectivity index (χ4n) is 1.09. The van der Waals surface area contributed by atoms with Gasteiger partial charge < -0.3 is 5.32 Å². The third-order valence-corrected chi connectivity index (χ3v) is 2.62. The van der Waals surface area contributed by atoms with Gasteiger partial charge in [0, 0.05) is 11.6 Å². The molecule has 0 saturated heterocycles. The van der Waals surface area contributed by atoms with Gasteiger partial charge in [0.2, 0.25) is 0 Å². The van der Waals surface area contributed by atoms with Gasteiger partial charge in [-0.1, -0.05) is 16.1 Å². The third-order valence-electron chi connectivity index (χ3n) is 1.82. The van der Waals surface area contributed by atoms with Crippen molar-refractivity contribution in [2.24, 2.45) is 0 Å². The number of pyridine rings is 1. The van der Waals surface area contributed by atoms with Gasteiger partial charge in [-0.05, 0) is 30.1 Å². The molecule has 0 atom stereocenters. The van der Waals surface area contributed by atoms with Crippen molar-refractivity contribution in [1.29, 1.82) is 0 Å². The average Bonchev–Trinajstić information content (AvgIpc) is 2.76. The van der Waals surface area contributed by atoms with Crippen LogP contribution >= 0.6 is 23.1 Å². The van der Waals surface area contributed by atoms with Crippen LogP contribution in [0.25, 0.3) is 0 Å². The van der Waals surface area contributed by atoms with E-state index in [2.05, 4.69) is 19.9 Å². The molecule has 0 saturated carbocycles. The van der Waals surface area contributed by atoms with Crippen molar-refractivity contribution in [3.63, 3.8) is 0 Å². The summed E-state index contributed by atoms with van der Waals surface area (Å²) in [7, 11) is 0. The molecule has 0 radical (unpaired) electrons. The summed E-state index contributed by atoms with van der Waals surface area (Å²) in [5, 5.41) is 8.10. The van der Waals surface area contributed by atoms with Crippen LogP contribution < -0.4 is 5.32 Å². The van der Waals surface area contributed by atoms with Gasteiger partial charge in [0.25, 0.3) is 5.91 Å². The molecule has 82 valence electrons. The predicted octanol–water partition coefficient (Wildman–Crippen LogP) is 2.15. The van der Waals surface area contributed by atoms with E-state index in [1.54, 1.807) is 17.6 Å². The Balaban J connectivity index is 2.21. The van der Waals surface area contributed by atoms with Gasteiger partial charge in [0.1, 0.15) is 0 Å². The van der Waals surface area contributed by atoms with E-state index in [9.17, 15) is 4.79 Å². The van der Waals surface area contributed by atoms with Gasteiger partial charge in [-0.2, -0.15) is 0 Å². The minimum absolute atomic E-state index is 0.252. The van der Waals surface area contributed by atoms with E-state index in [1.165, 1.54) is 0 Å². The zero-order valence-electron chi connectivity index (χ0n) is 8.27. The van der Waals surface area contributed by atoms with E-state index in [0.717, 1.165) is 17.1 Å². The molecular formula is C9H7ClN4OS. The second-order valence-corrected chi connectivity index (χ2v) is 4.06. The van der Waals surface area contributed by atoms with Crippen LogP contribution in [0, 0.1) is 6.92 Å². The molecule has 0 aliphatic heterocycles. The van der Waals surface area contributed by atoms with Gasteiger partial charge in [-0.3, -0.25) is 4.79 Å². The first-order valence-electron chi connectivity index (χ1n) is 4.37. The molecule has 2 rings (SSSR count). The van der Waals surface area contributed by atoms with Gasteiger partial charge in [-0.25, -0.2) is 4.98 Å². The Bertz CT molecular complexity index is 514. The summed E-state index contributed by atoms with van der Waals surface area (Å²) in [6, 6.07) is 1.74. The summed E-state index contributed by atoms with van der Waals surface area (Å²) in [4.78, 5) is 15.6. The molecular weight excluding hydrogens is 248 g/mol. The topological polar surface area (TPSA) is 67.8 Å². The van der Waals surface area contributed by atoms with Crippen molar-refractivity contribution < 1.29 is 4.79 Å². The molecule has 16 heavy (non-hydrogen) atoms. The number of aromatic nitrogens is 3. The zero-order valence-corrected chi connectivity index (χ0v) is 9.84. The number of carbonyl (C=O) groups is 1. The molecule has 0 bridgehead atoms. The van der Waals surface area contributed by atoms with E-state index in [0.29, 0.717) is 5.69 Å². The second kappa shape index (κ2) is 4.54. The summed E-state index contributed by atoms with van der Waals surface area (Å²) in [5.41, 5.74) is 1.65. The first-order chi connectivity index (χ1) is 7.66. The highest BCUT2D eigenvalue weighted by Crippen LogP contribution is 2.20. The van der Waals surface area contributed by atoms with Crippen LogP contribution in [0.2, 0.25) is 5.15 Å². The van der Waals surface area contributed by atoms with Gasteiger partial charge in [0.15, 0.2) is 10.8 Å². The fraction of sp³-hybridized carbons (Fsp3) is 0.111. The third kappa shape index (κ3) is 2.34. The first kappa shape index (κ1) is 11.0. The van der Waals surface area contributed by atoms with Crippen molar-refractivity contribution >= 4 is 34.7 Å². The van der Waals surface area contributed by atoms with Crippen LogP contribution in [0.3, 0.4) is 0 Å². The van der Waals surface area contributed by atoms with Crippen LogP contribution in [0.15, 0.2) is 17.6 Å². The Morgan fingerprint density at radius 1 is 1.56 bits per heavy atom. The van der Waals surface area contributed by atoms with Crippen LogP contribution in [0.1, 0.15) is 16.1 Å².